The largest absolute Gasteiger partial charge is 0.468 e. The van der Waals surface area contributed by atoms with Crippen molar-refractivity contribution in [2.75, 3.05) is 20.6 Å². The summed E-state index contributed by atoms with van der Waals surface area (Å²) in [4.78, 5) is 13.2. The second kappa shape index (κ2) is 5.99. The lowest BCUT2D eigenvalue weighted by Crippen LogP contribution is -2.33. The van der Waals surface area contributed by atoms with Crippen molar-refractivity contribution in [3.8, 4) is 11.8 Å². The molecule has 1 N–H and O–H groups in total. The highest BCUT2D eigenvalue weighted by Gasteiger charge is 2.17. The van der Waals surface area contributed by atoms with Crippen LogP contribution in [0.15, 0.2) is 22.8 Å². The Morgan fingerprint density at radius 2 is 2.38 bits per heavy atom. The zero-order valence-electron chi connectivity index (χ0n) is 9.78. The first-order valence-electron chi connectivity index (χ1n) is 5.05. The molecule has 0 spiro atoms. The molecule has 86 valence electrons. The van der Waals surface area contributed by atoms with Gasteiger partial charge in [-0.15, -0.1) is 0 Å². The molecule has 0 bridgehead atoms. The lowest BCUT2D eigenvalue weighted by Gasteiger charge is -2.21. The van der Waals surface area contributed by atoms with Crippen LogP contribution in [-0.2, 0) is 4.79 Å². The molecule has 1 aromatic rings. The van der Waals surface area contributed by atoms with E-state index in [1.807, 2.05) is 31.1 Å². The number of carbonyl (C=O) groups excluding carboxylic acids is 1. The molecule has 16 heavy (non-hydrogen) atoms. The van der Waals surface area contributed by atoms with Crippen molar-refractivity contribution in [2.24, 2.45) is 0 Å². The molecule has 0 aromatic carbocycles. The van der Waals surface area contributed by atoms with Crippen LogP contribution in [0.25, 0.3) is 0 Å². The lowest BCUT2D eigenvalue weighted by molar-refractivity contribution is -0.115. The van der Waals surface area contributed by atoms with E-state index in [0.717, 1.165) is 5.76 Å². The number of carbonyl (C=O) groups is 1. The van der Waals surface area contributed by atoms with E-state index >= 15 is 0 Å². The van der Waals surface area contributed by atoms with E-state index in [1.165, 1.54) is 0 Å². The molecule has 1 aromatic heterocycles. The molecule has 4 heteroatoms. The highest BCUT2D eigenvalue weighted by atomic mass is 16.3. The number of furan rings is 1. The van der Waals surface area contributed by atoms with Crippen molar-refractivity contribution >= 4 is 5.91 Å². The smallest absolute Gasteiger partial charge is 0.295 e. The zero-order valence-corrected chi connectivity index (χ0v) is 9.78. The van der Waals surface area contributed by atoms with E-state index in [1.54, 1.807) is 13.2 Å². The number of likely N-dealkylation sites (N-methyl/N-ethyl adjacent to an activating group) is 1. The topological polar surface area (TPSA) is 45.5 Å². The Hall–Kier alpha value is -1.73. The molecule has 1 atom stereocenters. The third-order valence-electron chi connectivity index (χ3n) is 2.19. The molecule has 0 aliphatic carbocycles. The van der Waals surface area contributed by atoms with Gasteiger partial charge in [-0.05, 0) is 39.1 Å². The first kappa shape index (κ1) is 12.3. The highest BCUT2D eigenvalue weighted by molar-refractivity contribution is 5.93. The van der Waals surface area contributed by atoms with Crippen LogP contribution in [0.1, 0.15) is 18.7 Å². The van der Waals surface area contributed by atoms with Crippen LogP contribution in [0.2, 0.25) is 0 Å². The minimum atomic E-state index is -0.263. The summed E-state index contributed by atoms with van der Waals surface area (Å²) in [6.07, 6.45) is 1.62. The maximum absolute atomic E-state index is 11.2. The van der Waals surface area contributed by atoms with Crippen molar-refractivity contribution in [1.29, 1.82) is 0 Å². The molecule has 1 amide bonds. The maximum Gasteiger partial charge on any atom is 0.295 e. The number of nitrogens with one attached hydrogen (secondary N) is 1. The summed E-state index contributed by atoms with van der Waals surface area (Å²) >= 11 is 0. The van der Waals surface area contributed by atoms with Gasteiger partial charge in [0.05, 0.1) is 12.3 Å². The third kappa shape index (κ3) is 3.44. The summed E-state index contributed by atoms with van der Waals surface area (Å²) in [6.45, 7) is 2.11. The molecule has 0 saturated heterocycles. The van der Waals surface area contributed by atoms with Gasteiger partial charge >= 0.3 is 0 Å². The first-order chi connectivity index (χ1) is 7.65. The molecule has 4 nitrogen and oxygen atoms in total. The van der Waals surface area contributed by atoms with Crippen LogP contribution >= 0.6 is 0 Å². The Bertz CT molecular complexity index is 385. The zero-order chi connectivity index (χ0) is 12.0. The number of hydrogen-bond donors (Lipinski definition) is 1. The van der Waals surface area contributed by atoms with Crippen LogP contribution in [0.5, 0.6) is 0 Å². The van der Waals surface area contributed by atoms with E-state index in [2.05, 4.69) is 17.2 Å². The summed E-state index contributed by atoms with van der Waals surface area (Å²) in [7, 11) is 3.87. The van der Waals surface area contributed by atoms with E-state index in [0.29, 0.717) is 6.54 Å². The van der Waals surface area contributed by atoms with Gasteiger partial charge in [0.15, 0.2) is 0 Å². The summed E-state index contributed by atoms with van der Waals surface area (Å²) in [5.41, 5.74) is 0. The van der Waals surface area contributed by atoms with Crippen LogP contribution in [-0.4, -0.2) is 31.4 Å². The molecule has 0 aliphatic rings. The predicted molar refractivity (Wildman–Crippen MR) is 61.6 cm³/mol. The van der Waals surface area contributed by atoms with E-state index < -0.39 is 0 Å². The second-order valence-electron chi connectivity index (χ2n) is 3.58. The normalized spacial score (nSPS) is 11.8. The van der Waals surface area contributed by atoms with Crippen molar-refractivity contribution in [3.63, 3.8) is 0 Å². The molecule has 0 fully saturated rings. The van der Waals surface area contributed by atoms with Gasteiger partial charge in [0.2, 0.25) is 0 Å². The molecular formula is C12H16N2O2. The average Bonchev–Trinajstić information content (AvgIpc) is 2.71. The van der Waals surface area contributed by atoms with Crippen LogP contribution in [0, 0.1) is 11.8 Å². The monoisotopic (exact) mass is 220 g/mol. The van der Waals surface area contributed by atoms with Gasteiger partial charge in [0.25, 0.3) is 5.91 Å². The quantitative estimate of drug-likeness (QED) is 0.771. The summed E-state index contributed by atoms with van der Waals surface area (Å²) < 4.78 is 5.32. The van der Waals surface area contributed by atoms with Crippen LogP contribution in [0.3, 0.4) is 0 Å². The fourth-order valence-electron chi connectivity index (χ4n) is 1.37. The number of amides is 1. The molecule has 0 unspecified atom stereocenters. The number of nitrogens with zero attached hydrogens (tertiary/aromatic N) is 1. The molecule has 0 radical (unpaired) electrons. The summed E-state index contributed by atoms with van der Waals surface area (Å²) in [5, 5.41) is 2.74. The first-order valence-corrected chi connectivity index (χ1v) is 5.05. The van der Waals surface area contributed by atoms with Gasteiger partial charge in [-0.3, -0.25) is 9.69 Å². The van der Waals surface area contributed by atoms with Crippen molar-refractivity contribution in [1.82, 2.24) is 10.2 Å². The minimum absolute atomic E-state index is 0.0256. The fraction of sp³-hybridized carbons (Fsp3) is 0.417. The average molecular weight is 220 g/mol. The highest BCUT2D eigenvalue weighted by Crippen LogP contribution is 2.17. The minimum Gasteiger partial charge on any atom is -0.468 e. The van der Waals surface area contributed by atoms with E-state index in [-0.39, 0.29) is 11.9 Å². The van der Waals surface area contributed by atoms with Gasteiger partial charge in [0, 0.05) is 6.54 Å². The standard InChI is InChI=1S/C12H16N2O2/c1-4-6-12(15)13-9-10(14(2)3)11-7-5-8-16-11/h5,7-8,10H,9H2,1-3H3,(H,13,15)/t10-/m1/s1. The Balaban J connectivity index is 2.59. The summed E-state index contributed by atoms with van der Waals surface area (Å²) in [5.74, 6) is 5.56. The van der Waals surface area contributed by atoms with Crippen LogP contribution < -0.4 is 5.32 Å². The third-order valence-corrected chi connectivity index (χ3v) is 2.19. The van der Waals surface area contributed by atoms with Crippen molar-refractivity contribution in [3.05, 3.63) is 24.2 Å². The molecule has 1 heterocycles. The SMILES string of the molecule is CC#CC(=O)NC[C@H](c1ccco1)N(C)C. The Morgan fingerprint density at radius 1 is 1.62 bits per heavy atom. The number of rotatable bonds is 4. The van der Waals surface area contributed by atoms with E-state index in [4.69, 9.17) is 4.42 Å². The van der Waals surface area contributed by atoms with E-state index in [9.17, 15) is 4.79 Å². The Labute approximate surface area is 95.6 Å². The van der Waals surface area contributed by atoms with Crippen molar-refractivity contribution in [2.45, 2.75) is 13.0 Å². The maximum atomic E-state index is 11.2. The van der Waals surface area contributed by atoms with Crippen molar-refractivity contribution < 1.29 is 9.21 Å². The van der Waals surface area contributed by atoms with Crippen LogP contribution in [0.4, 0.5) is 0 Å². The van der Waals surface area contributed by atoms with Gasteiger partial charge in [0.1, 0.15) is 5.76 Å². The van der Waals surface area contributed by atoms with Gasteiger partial charge in [-0.1, -0.05) is 5.92 Å². The molecule has 0 saturated carbocycles. The van der Waals surface area contributed by atoms with Gasteiger partial charge in [-0.2, -0.15) is 0 Å². The molecular weight excluding hydrogens is 204 g/mol. The van der Waals surface area contributed by atoms with Gasteiger partial charge in [-0.25, -0.2) is 0 Å². The second-order valence-corrected chi connectivity index (χ2v) is 3.58. The Kier molecular flexibility index (Phi) is 4.62. The molecule has 0 aliphatic heterocycles. The lowest BCUT2D eigenvalue weighted by atomic mass is 10.2. The number of hydrogen-bond acceptors (Lipinski definition) is 3. The summed E-state index contributed by atoms with van der Waals surface area (Å²) in [6, 6.07) is 3.75. The van der Waals surface area contributed by atoms with Gasteiger partial charge < -0.3 is 9.73 Å². The molecule has 1 rings (SSSR count). The fourth-order valence-corrected chi connectivity index (χ4v) is 1.37. The Morgan fingerprint density at radius 3 is 2.88 bits per heavy atom. The predicted octanol–water partition coefficient (Wildman–Crippen LogP) is 1.02.